The molecule has 2 amide bonds. The molecule has 3 rings (SSSR count). The Balaban J connectivity index is 1.68. The van der Waals surface area contributed by atoms with Crippen LogP contribution in [0.25, 0.3) is 0 Å². The number of furan rings is 2. The van der Waals surface area contributed by atoms with Gasteiger partial charge in [-0.05, 0) is 36.4 Å². The molecule has 0 fully saturated rings. The van der Waals surface area contributed by atoms with Gasteiger partial charge < -0.3 is 23.8 Å². The Hall–Kier alpha value is -2.84. The lowest BCUT2D eigenvalue weighted by Crippen LogP contribution is -2.32. The molecule has 0 atom stereocenters. The number of nitrogens with zero attached hydrogens (tertiary/aromatic N) is 1. The average Bonchev–Trinajstić information content (AvgIpc) is 3.40. The third-order valence-corrected chi connectivity index (χ3v) is 4.57. The fourth-order valence-electron chi connectivity index (χ4n) is 2.30. The molecular weight excluding hydrogens is 356 g/mol. The van der Waals surface area contributed by atoms with Gasteiger partial charge in [-0.2, -0.15) is 0 Å². The average molecular weight is 374 g/mol. The quantitative estimate of drug-likeness (QED) is 0.652. The van der Waals surface area contributed by atoms with Crippen molar-refractivity contribution in [1.82, 2.24) is 4.90 Å². The van der Waals surface area contributed by atoms with Crippen LogP contribution in [0.15, 0.2) is 57.8 Å². The summed E-state index contributed by atoms with van der Waals surface area (Å²) in [4.78, 5) is 27.0. The van der Waals surface area contributed by atoms with Gasteiger partial charge in [-0.25, -0.2) is 0 Å². The van der Waals surface area contributed by atoms with Gasteiger partial charge in [0.15, 0.2) is 5.76 Å². The van der Waals surface area contributed by atoms with Crippen LogP contribution < -0.4 is 5.32 Å². The smallest absolute Gasteiger partial charge is 0.291 e. The maximum atomic E-state index is 12.8. The van der Waals surface area contributed by atoms with Gasteiger partial charge in [-0.3, -0.25) is 9.59 Å². The molecule has 3 aromatic heterocycles. The van der Waals surface area contributed by atoms with Gasteiger partial charge in [0.2, 0.25) is 0 Å². The highest BCUT2D eigenvalue weighted by molar-refractivity contribution is 7.18. The van der Waals surface area contributed by atoms with Gasteiger partial charge in [-0.1, -0.05) is 0 Å². The largest absolute Gasteiger partial charge is 0.467 e. The number of anilines is 1. The van der Waals surface area contributed by atoms with E-state index in [1.165, 1.54) is 17.6 Å². The zero-order valence-electron chi connectivity index (χ0n) is 14.1. The van der Waals surface area contributed by atoms with E-state index in [0.717, 1.165) is 0 Å². The predicted molar refractivity (Wildman–Crippen MR) is 96.3 cm³/mol. The molecule has 0 aromatic carbocycles. The highest BCUT2D eigenvalue weighted by atomic mass is 32.1. The van der Waals surface area contributed by atoms with E-state index in [4.69, 9.17) is 13.6 Å². The molecule has 0 radical (unpaired) electrons. The van der Waals surface area contributed by atoms with E-state index in [0.29, 0.717) is 35.3 Å². The van der Waals surface area contributed by atoms with Gasteiger partial charge >= 0.3 is 0 Å². The molecule has 136 valence electrons. The zero-order chi connectivity index (χ0) is 18.4. The molecule has 0 aliphatic heterocycles. The van der Waals surface area contributed by atoms with E-state index >= 15 is 0 Å². The van der Waals surface area contributed by atoms with E-state index in [-0.39, 0.29) is 17.6 Å². The number of amides is 2. The number of methoxy groups -OCH3 is 1. The lowest BCUT2D eigenvalue weighted by Gasteiger charge is -2.20. The number of rotatable bonds is 8. The van der Waals surface area contributed by atoms with Crippen molar-refractivity contribution in [3.8, 4) is 0 Å². The van der Waals surface area contributed by atoms with Crippen molar-refractivity contribution in [2.24, 2.45) is 0 Å². The van der Waals surface area contributed by atoms with Crippen molar-refractivity contribution < 1.29 is 23.2 Å². The highest BCUT2D eigenvalue weighted by Crippen LogP contribution is 2.24. The molecule has 0 aliphatic rings. The Morgan fingerprint density at radius 1 is 1.15 bits per heavy atom. The first-order valence-electron chi connectivity index (χ1n) is 7.92. The Labute approximate surface area is 154 Å². The van der Waals surface area contributed by atoms with Crippen molar-refractivity contribution in [2.75, 3.05) is 25.6 Å². The third kappa shape index (κ3) is 4.41. The number of hydrogen-bond donors (Lipinski definition) is 1. The first-order chi connectivity index (χ1) is 12.7. The first kappa shape index (κ1) is 18.0. The van der Waals surface area contributed by atoms with Crippen molar-refractivity contribution in [3.05, 3.63) is 65.3 Å². The van der Waals surface area contributed by atoms with Crippen LogP contribution in [0.4, 0.5) is 5.00 Å². The van der Waals surface area contributed by atoms with E-state index in [1.54, 1.807) is 48.6 Å². The van der Waals surface area contributed by atoms with E-state index < -0.39 is 0 Å². The predicted octanol–water partition coefficient (Wildman–Crippen LogP) is 3.48. The Morgan fingerprint density at radius 2 is 1.96 bits per heavy atom. The summed E-state index contributed by atoms with van der Waals surface area (Å²) < 4.78 is 15.5. The summed E-state index contributed by atoms with van der Waals surface area (Å²) in [6.07, 6.45) is 3.00. The number of thiophene rings is 1. The lowest BCUT2D eigenvalue weighted by atomic mass is 10.3. The summed E-state index contributed by atoms with van der Waals surface area (Å²) >= 11 is 1.20. The summed E-state index contributed by atoms with van der Waals surface area (Å²) in [5.74, 6) is 0.396. The highest BCUT2D eigenvalue weighted by Gasteiger charge is 2.20. The Bertz CT molecular complexity index is 839. The van der Waals surface area contributed by atoms with Gasteiger partial charge in [0.25, 0.3) is 11.8 Å². The number of ether oxygens (including phenoxy) is 1. The van der Waals surface area contributed by atoms with Gasteiger partial charge in [0.1, 0.15) is 5.76 Å². The molecule has 26 heavy (non-hydrogen) atoms. The van der Waals surface area contributed by atoms with Gasteiger partial charge in [0, 0.05) is 13.7 Å². The van der Waals surface area contributed by atoms with Gasteiger partial charge in [-0.15, -0.1) is 11.3 Å². The van der Waals surface area contributed by atoms with Crippen LogP contribution >= 0.6 is 11.3 Å². The van der Waals surface area contributed by atoms with Crippen LogP contribution in [0.2, 0.25) is 0 Å². The molecule has 0 spiro atoms. The molecule has 0 bridgehead atoms. The topological polar surface area (TPSA) is 84.9 Å². The minimum absolute atomic E-state index is 0.151. The van der Waals surface area contributed by atoms with Crippen molar-refractivity contribution >= 4 is 28.2 Å². The van der Waals surface area contributed by atoms with Gasteiger partial charge in [0.05, 0.1) is 35.6 Å². The molecule has 8 heteroatoms. The molecule has 0 saturated heterocycles. The fraction of sp³-hybridized carbons (Fsp3) is 0.222. The van der Waals surface area contributed by atoms with Crippen molar-refractivity contribution in [3.63, 3.8) is 0 Å². The normalized spacial score (nSPS) is 10.7. The fourth-order valence-corrected chi connectivity index (χ4v) is 3.17. The monoisotopic (exact) mass is 374 g/mol. The van der Waals surface area contributed by atoms with E-state index in [2.05, 4.69) is 5.32 Å². The summed E-state index contributed by atoms with van der Waals surface area (Å²) in [6.45, 7) is 1.20. The zero-order valence-corrected chi connectivity index (χ0v) is 15.0. The summed E-state index contributed by atoms with van der Waals surface area (Å²) in [7, 11) is 1.59. The van der Waals surface area contributed by atoms with Crippen molar-refractivity contribution in [1.29, 1.82) is 0 Å². The second-order valence-corrected chi connectivity index (χ2v) is 6.48. The Morgan fingerprint density at radius 3 is 2.65 bits per heavy atom. The van der Waals surface area contributed by atoms with Crippen LogP contribution in [0.3, 0.4) is 0 Å². The molecule has 3 heterocycles. The second-order valence-electron chi connectivity index (χ2n) is 5.39. The molecule has 0 aliphatic carbocycles. The van der Waals surface area contributed by atoms with Crippen molar-refractivity contribution in [2.45, 2.75) is 6.54 Å². The number of carbonyl (C=O) groups excluding carboxylic acids is 2. The van der Waals surface area contributed by atoms with E-state index in [9.17, 15) is 9.59 Å². The minimum Gasteiger partial charge on any atom is -0.467 e. The molecule has 7 nitrogen and oxygen atoms in total. The summed E-state index contributed by atoms with van der Waals surface area (Å²) in [5.41, 5.74) is 0. The standard InChI is InChI=1S/C18H18N2O5S/c1-23-11-8-20(12-13-4-2-9-24-13)18(22)15-6-7-16(26-15)19-17(21)14-5-3-10-25-14/h2-7,9-10H,8,11-12H2,1H3,(H,19,21). The van der Waals surface area contributed by atoms with Crippen LogP contribution in [0, 0.1) is 0 Å². The van der Waals surface area contributed by atoms with Crippen LogP contribution in [0.5, 0.6) is 0 Å². The first-order valence-corrected chi connectivity index (χ1v) is 8.74. The summed E-state index contributed by atoms with van der Waals surface area (Å²) in [5, 5.41) is 3.29. The summed E-state index contributed by atoms with van der Waals surface area (Å²) in [6, 6.07) is 10.2. The van der Waals surface area contributed by atoms with Crippen LogP contribution in [-0.2, 0) is 11.3 Å². The number of hydrogen-bond acceptors (Lipinski definition) is 6. The third-order valence-electron chi connectivity index (χ3n) is 3.58. The maximum absolute atomic E-state index is 12.8. The molecule has 3 aromatic rings. The minimum atomic E-state index is -0.359. The molecule has 0 unspecified atom stereocenters. The lowest BCUT2D eigenvalue weighted by molar-refractivity contribution is 0.0671. The Kier molecular flexibility index (Phi) is 5.88. The van der Waals surface area contributed by atoms with Crippen LogP contribution in [0.1, 0.15) is 26.0 Å². The maximum Gasteiger partial charge on any atom is 0.291 e. The molecular formula is C18H18N2O5S. The number of nitrogens with one attached hydrogen (secondary N) is 1. The van der Waals surface area contributed by atoms with Crippen LogP contribution in [-0.4, -0.2) is 37.0 Å². The molecule has 0 saturated carbocycles. The SMILES string of the molecule is COCCN(Cc1ccco1)C(=O)c1ccc(NC(=O)c2ccco2)s1. The molecule has 1 N–H and O–H groups in total. The van der Waals surface area contributed by atoms with E-state index in [1.807, 2.05) is 6.07 Å². The second kappa shape index (κ2) is 8.50. The number of carbonyl (C=O) groups is 2.